The second-order valence-corrected chi connectivity index (χ2v) is 8.92. The number of carbonyl (C=O) groups is 1. The molecule has 2 aliphatic rings. The fraction of sp³-hybridized carbons (Fsp3) is 0.350. The molecular formula is C20H22N2O3S. The minimum absolute atomic E-state index is 0.00613. The molecule has 136 valence electrons. The third-order valence-corrected chi connectivity index (χ3v) is 7.04. The summed E-state index contributed by atoms with van der Waals surface area (Å²) in [5.74, 6) is 0.00703. The molecule has 1 aliphatic heterocycles. The van der Waals surface area contributed by atoms with Gasteiger partial charge in [0, 0.05) is 12.1 Å². The number of benzene rings is 2. The lowest BCUT2D eigenvalue weighted by Crippen LogP contribution is -2.31. The summed E-state index contributed by atoms with van der Waals surface area (Å²) in [6, 6.07) is 15.1. The molecule has 1 saturated heterocycles. The Morgan fingerprint density at radius 3 is 2.73 bits per heavy atom. The Balaban J connectivity index is 1.56. The Hall–Kier alpha value is -2.34. The average molecular weight is 370 g/mol. The van der Waals surface area contributed by atoms with Gasteiger partial charge in [0.2, 0.25) is 10.0 Å². The molecule has 5 nitrogen and oxygen atoms in total. The number of carbonyl (C=O) groups excluding carboxylic acids is 1. The predicted octanol–water partition coefficient (Wildman–Crippen LogP) is 3.03. The number of aryl methyl sites for hydroxylation is 1. The number of nitrogens with one attached hydrogen (secondary N) is 1. The summed E-state index contributed by atoms with van der Waals surface area (Å²) in [4.78, 5) is 12.8. The van der Waals surface area contributed by atoms with Crippen LogP contribution >= 0.6 is 0 Å². The van der Waals surface area contributed by atoms with E-state index >= 15 is 0 Å². The van der Waals surface area contributed by atoms with Gasteiger partial charge in [-0.15, -0.1) is 0 Å². The molecule has 1 heterocycles. The van der Waals surface area contributed by atoms with Crippen LogP contribution in [-0.2, 0) is 16.4 Å². The van der Waals surface area contributed by atoms with Crippen molar-refractivity contribution in [3.8, 4) is 0 Å². The topological polar surface area (TPSA) is 66.5 Å². The predicted molar refractivity (Wildman–Crippen MR) is 102 cm³/mol. The summed E-state index contributed by atoms with van der Waals surface area (Å²) < 4.78 is 25.6. The number of hydrogen-bond acceptors (Lipinski definition) is 3. The van der Waals surface area contributed by atoms with Crippen molar-refractivity contribution < 1.29 is 13.2 Å². The summed E-state index contributed by atoms with van der Waals surface area (Å²) in [6.07, 6.45) is 3.64. The second-order valence-electron chi connectivity index (χ2n) is 6.91. The van der Waals surface area contributed by atoms with Crippen molar-refractivity contribution in [1.82, 2.24) is 5.32 Å². The Bertz CT molecular complexity index is 940. The van der Waals surface area contributed by atoms with Crippen molar-refractivity contribution in [3.63, 3.8) is 0 Å². The normalized spacial score (nSPS) is 21.2. The molecule has 0 aromatic heterocycles. The van der Waals surface area contributed by atoms with Gasteiger partial charge in [-0.2, -0.15) is 0 Å². The van der Waals surface area contributed by atoms with Crippen LogP contribution in [-0.4, -0.2) is 26.6 Å². The van der Waals surface area contributed by atoms with Crippen LogP contribution in [0.5, 0.6) is 0 Å². The van der Waals surface area contributed by atoms with E-state index in [1.807, 2.05) is 12.1 Å². The molecule has 6 heteroatoms. The first kappa shape index (κ1) is 17.1. The van der Waals surface area contributed by atoms with Gasteiger partial charge in [0.15, 0.2) is 0 Å². The molecule has 0 saturated carbocycles. The Morgan fingerprint density at radius 2 is 1.92 bits per heavy atom. The van der Waals surface area contributed by atoms with Crippen LogP contribution in [0.25, 0.3) is 0 Å². The standard InChI is InChI=1S/C20H22N2O3S/c23-20(21-19-11-4-7-15-6-1-2-10-18(15)19)16-8-3-9-17(14-16)22-12-5-13-26(22,24)25/h1-3,6,8-10,14,19H,4-5,7,11-13H2,(H,21,23). The van der Waals surface area contributed by atoms with Crippen LogP contribution < -0.4 is 9.62 Å². The van der Waals surface area contributed by atoms with Gasteiger partial charge in [-0.3, -0.25) is 9.10 Å². The summed E-state index contributed by atoms with van der Waals surface area (Å²) in [6.45, 7) is 0.476. The van der Waals surface area contributed by atoms with Gasteiger partial charge in [0.1, 0.15) is 0 Å². The summed E-state index contributed by atoms with van der Waals surface area (Å²) in [5.41, 5.74) is 3.54. The second kappa shape index (κ2) is 6.76. The molecule has 1 amide bonds. The van der Waals surface area contributed by atoms with Gasteiger partial charge in [-0.1, -0.05) is 30.3 Å². The van der Waals surface area contributed by atoms with Crippen molar-refractivity contribution in [2.45, 2.75) is 31.7 Å². The summed E-state index contributed by atoms with van der Waals surface area (Å²) in [7, 11) is -3.25. The summed E-state index contributed by atoms with van der Waals surface area (Å²) in [5, 5.41) is 3.12. The lowest BCUT2D eigenvalue weighted by molar-refractivity contribution is 0.0932. The van der Waals surface area contributed by atoms with Crippen molar-refractivity contribution >= 4 is 21.6 Å². The van der Waals surface area contributed by atoms with E-state index in [0.29, 0.717) is 24.2 Å². The molecule has 26 heavy (non-hydrogen) atoms. The average Bonchev–Trinajstić information content (AvgIpc) is 3.01. The Labute approximate surface area is 154 Å². The molecule has 0 radical (unpaired) electrons. The molecule has 1 N–H and O–H groups in total. The molecule has 1 atom stereocenters. The number of anilines is 1. The maximum Gasteiger partial charge on any atom is 0.251 e. The number of rotatable bonds is 3. The van der Waals surface area contributed by atoms with Gasteiger partial charge in [-0.05, 0) is 55.0 Å². The molecule has 0 spiro atoms. The summed E-state index contributed by atoms with van der Waals surface area (Å²) >= 11 is 0. The van der Waals surface area contributed by atoms with E-state index in [0.717, 1.165) is 19.3 Å². The zero-order chi connectivity index (χ0) is 18.1. The van der Waals surface area contributed by atoms with Crippen LogP contribution in [0.1, 0.15) is 46.8 Å². The highest BCUT2D eigenvalue weighted by atomic mass is 32.2. The SMILES string of the molecule is O=C(NC1CCCc2ccccc21)c1cccc(N2CCCS2(=O)=O)c1. The minimum atomic E-state index is -3.25. The fourth-order valence-electron chi connectivity index (χ4n) is 3.88. The number of fused-ring (bicyclic) bond motifs is 1. The van der Waals surface area contributed by atoms with Gasteiger partial charge in [0.05, 0.1) is 17.5 Å². The van der Waals surface area contributed by atoms with E-state index in [1.54, 1.807) is 24.3 Å². The Kier molecular flexibility index (Phi) is 4.44. The first-order valence-electron chi connectivity index (χ1n) is 9.04. The third-order valence-electron chi connectivity index (χ3n) is 5.17. The molecule has 1 aliphatic carbocycles. The van der Waals surface area contributed by atoms with Gasteiger partial charge in [0.25, 0.3) is 5.91 Å². The molecule has 2 aromatic carbocycles. The van der Waals surface area contributed by atoms with E-state index in [2.05, 4.69) is 17.4 Å². The van der Waals surface area contributed by atoms with Crippen molar-refractivity contribution in [2.75, 3.05) is 16.6 Å². The maximum atomic E-state index is 12.8. The first-order valence-corrected chi connectivity index (χ1v) is 10.6. The van der Waals surface area contributed by atoms with Gasteiger partial charge < -0.3 is 5.32 Å². The minimum Gasteiger partial charge on any atom is -0.345 e. The van der Waals surface area contributed by atoms with E-state index in [9.17, 15) is 13.2 Å². The molecule has 2 aromatic rings. The highest BCUT2D eigenvalue weighted by molar-refractivity contribution is 7.93. The molecule has 1 fully saturated rings. The number of nitrogens with zero attached hydrogens (tertiary/aromatic N) is 1. The van der Waals surface area contributed by atoms with E-state index in [-0.39, 0.29) is 17.7 Å². The highest BCUT2D eigenvalue weighted by Gasteiger charge is 2.29. The van der Waals surface area contributed by atoms with Gasteiger partial charge in [-0.25, -0.2) is 8.42 Å². The lowest BCUT2D eigenvalue weighted by Gasteiger charge is -2.26. The number of sulfonamides is 1. The van der Waals surface area contributed by atoms with Crippen LogP contribution in [0.4, 0.5) is 5.69 Å². The van der Waals surface area contributed by atoms with Crippen LogP contribution in [0.2, 0.25) is 0 Å². The monoisotopic (exact) mass is 370 g/mol. The zero-order valence-corrected chi connectivity index (χ0v) is 15.3. The van der Waals surface area contributed by atoms with Crippen molar-refractivity contribution in [2.24, 2.45) is 0 Å². The third kappa shape index (κ3) is 3.21. The van der Waals surface area contributed by atoms with E-state index in [4.69, 9.17) is 0 Å². The largest absolute Gasteiger partial charge is 0.345 e. The smallest absolute Gasteiger partial charge is 0.251 e. The molecule has 4 rings (SSSR count). The molecular weight excluding hydrogens is 348 g/mol. The maximum absolute atomic E-state index is 12.8. The quantitative estimate of drug-likeness (QED) is 0.903. The van der Waals surface area contributed by atoms with Crippen molar-refractivity contribution in [3.05, 3.63) is 65.2 Å². The molecule has 1 unspecified atom stereocenters. The van der Waals surface area contributed by atoms with E-state index < -0.39 is 10.0 Å². The fourth-order valence-corrected chi connectivity index (χ4v) is 5.43. The molecule has 0 bridgehead atoms. The van der Waals surface area contributed by atoms with Crippen molar-refractivity contribution in [1.29, 1.82) is 0 Å². The zero-order valence-electron chi connectivity index (χ0n) is 14.5. The van der Waals surface area contributed by atoms with Gasteiger partial charge >= 0.3 is 0 Å². The number of hydrogen-bond donors (Lipinski definition) is 1. The lowest BCUT2D eigenvalue weighted by atomic mass is 9.87. The van der Waals surface area contributed by atoms with E-state index in [1.165, 1.54) is 15.4 Å². The van der Waals surface area contributed by atoms with Crippen LogP contribution in [0, 0.1) is 0 Å². The Morgan fingerprint density at radius 1 is 1.08 bits per heavy atom. The van der Waals surface area contributed by atoms with Crippen LogP contribution in [0.15, 0.2) is 48.5 Å². The number of amides is 1. The van der Waals surface area contributed by atoms with Crippen LogP contribution in [0.3, 0.4) is 0 Å². The highest BCUT2D eigenvalue weighted by Crippen LogP contribution is 2.30. The first-order chi connectivity index (χ1) is 12.5.